The first-order chi connectivity index (χ1) is 16.9. The molecule has 7 heteroatoms. The molecule has 6 nitrogen and oxygen atoms in total. The van der Waals surface area contributed by atoms with Gasteiger partial charge in [0.2, 0.25) is 11.5 Å². The third-order valence-electron chi connectivity index (χ3n) is 5.83. The number of benzene rings is 3. The van der Waals surface area contributed by atoms with Crippen LogP contribution < -0.4 is 10.9 Å². The van der Waals surface area contributed by atoms with E-state index in [2.05, 4.69) is 12.2 Å². The number of para-hydroxylation sites is 2. The molecule has 0 unspecified atom stereocenters. The second-order valence-electron chi connectivity index (χ2n) is 8.50. The summed E-state index contributed by atoms with van der Waals surface area (Å²) in [6, 6.07) is 21.1. The lowest BCUT2D eigenvalue weighted by Crippen LogP contribution is -2.22. The van der Waals surface area contributed by atoms with Crippen molar-refractivity contribution in [2.24, 2.45) is 0 Å². The topological polar surface area (TPSA) is 77.1 Å². The summed E-state index contributed by atoms with van der Waals surface area (Å²) in [6.07, 6.45) is 0.821. The number of rotatable bonds is 6. The Hall–Kier alpha value is -3.84. The van der Waals surface area contributed by atoms with E-state index in [4.69, 9.17) is 9.40 Å². The predicted octanol–water partition coefficient (Wildman–Crippen LogP) is 6.04. The Kier molecular flexibility index (Phi) is 6.17. The number of hydrogen-bond acceptors (Lipinski definition) is 5. The number of carbonyl (C=O) groups is 1. The van der Waals surface area contributed by atoms with Gasteiger partial charge in [-0.25, -0.2) is 4.98 Å². The highest BCUT2D eigenvalue weighted by Crippen LogP contribution is 2.29. The molecule has 1 amide bonds. The third-order valence-corrected chi connectivity index (χ3v) is 6.77. The van der Waals surface area contributed by atoms with Gasteiger partial charge in [0.05, 0.1) is 11.4 Å². The number of nitrogens with one attached hydrogen (secondary N) is 1. The van der Waals surface area contributed by atoms with Crippen molar-refractivity contribution in [3.05, 3.63) is 93.8 Å². The van der Waals surface area contributed by atoms with Crippen molar-refractivity contribution >= 4 is 45.4 Å². The molecule has 0 fully saturated rings. The highest BCUT2D eigenvalue weighted by molar-refractivity contribution is 7.99. The number of aryl methyl sites for hydroxylation is 3. The van der Waals surface area contributed by atoms with Crippen LogP contribution in [0.1, 0.15) is 23.6 Å². The van der Waals surface area contributed by atoms with Crippen molar-refractivity contribution in [2.75, 3.05) is 11.1 Å². The van der Waals surface area contributed by atoms with Crippen LogP contribution in [0.2, 0.25) is 0 Å². The van der Waals surface area contributed by atoms with Crippen molar-refractivity contribution in [3.8, 4) is 5.69 Å². The molecule has 0 spiro atoms. The molecule has 2 aromatic heterocycles. The highest BCUT2D eigenvalue weighted by atomic mass is 32.2. The van der Waals surface area contributed by atoms with Gasteiger partial charge in [-0.2, -0.15) is 0 Å². The van der Waals surface area contributed by atoms with Crippen molar-refractivity contribution in [2.45, 2.75) is 32.3 Å². The first kappa shape index (κ1) is 22.9. The van der Waals surface area contributed by atoms with Crippen LogP contribution >= 0.6 is 11.8 Å². The van der Waals surface area contributed by atoms with Crippen LogP contribution in [0.3, 0.4) is 0 Å². The lowest BCUT2D eigenvalue weighted by atomic mass is 10.1. The molecule has 0 aliphatic rings. The van der Waals surface area contributed by atoms with E-state index in [0.29, 0.717) is 21.9 Å². The molecule has 0 bridgehead atoms. The minimum Gasteiger partial charge on any atom is -0.448 e. The molecule has 0 aliphatic carbocycles. The lowest BCUT2D eigenvalue weighted by Gasteiger charge is -2.14. The van der Waals surface area contributed by atoms with Crippen LogP contribution in [0, 0.1) is 13.8 Å². The fourth-order valence-electron chi connectivity index (χ4n) is 4.29. The Morgan fingerprint density at radius 3 is 2.51 bits per heavy atom. The summed E-state index contributed by atoms with van der Waals surface area (Å²) >= 11 is 1.23. The van der Waals surface area contributed by atoms with E-state index in [9.17, 15) is 9.59 Å². The predicted molar refractivity (Wildman–Crippen MR) is 142 cm³/mol. The van der Waals surface area contributed by atoms with Crippen LogP contribution in [-0.2, 0) is 11.2 Å². The molecular formula is C28H25N3O3S. The number of nitrogens with zero attached hydrogens (tertiary/aromatic N) is 2. The minimum atomic E-state index is -0.296. The maximum Gasteiger partial charge on any atom is 0.302 e. The monoisotopic (exact) mass is 483 g/mol. The second kappa shape index (κ2) is 9.43. The van der Waals surface area contributed by atoms with Crippen molar-refractivity contribution in [1.82, 2.24) is 9.55 Å². The molecule has 0 saturated carbocycles. The largest absolute Gasteiger partial charge is 0.448 e. The summed E-state index contributed by atoms with van der Waals surface area (Å²) in [5, 5.41) is 4.21. The quantitative estimate of drug-likeness (QED) is 0.235. The summed E-state index contributed by atoms with van der Waals surface area (Å²) in [7, 11) is 0. The zero-order chi connectivity index (χ0) is 24.5. The van der Waals surface area contributed by atoms with Crippen LogP contribution in [0.5, 0.6) is 0 Å². The van der Waals surface area contributed by atoms with E-state index >= 15 is 0 Å². The SMILES string of the molecule is CCc1ccccc1NC(=O)CSc1nc2c(oc3ccccc32)c(=O)n1-c1cc(C)cc(C)c1. The molecule has 0 radical (unpaired) electrons. The maximum atomic E-state index is 13.7. The zero-order valence-corrected chi connectivity index (χ0v) is 20.6. The first-order valence-corrected chi connectivity index (χ1v) is 12.5. The van der Waals surface area contributed by atoms with E-state index in [0.717, 1.165) is 34.2 Å². The van der Waals surface area contributed by atoms with Gasteiger partial charge in [-0.3, -0.25) is 14.2 Å². The van der Waals surface area contributed by atoms with Gasteiger partial charge in [-0.1, -0.05) is 55.1 Å². The molecule has 0 saturated heterocycles. The van der Waals surface area contributed by atoms with E-state index in [1.54, 1.807) is 4.57 Å². The fraction of sp³-hybridized carbons (Fsp3) is 0.179. The summed E-state index contributed by atoms with van der Waals surface area (Å²) < 4.78 is 7.45. The summed E-state index contributed by atoms with van der Waals surface area (Å²) in [5.74, 6) is -0.0504. The van der Waals surface area contributed by atoms with Crippen LogP contribution in [0.4, 0.5) is 5.69 Å². The summed E-state index contributed by atoms with van der Waals surface area (Å²) in [4.78, 5) is 31.4. The molecule has 35 heavy (non-hydrogen) atoms. The maximum absolute atomic E-state index is 13.7. The normalized spacial score (nSPS) is 11.3. The lowest BCUT2D eigenvalue weighted by molar-refractivity contribution is -0.113. The second-order valence-corrected chi connectivity index (χ2v) is 9.45. The number of amides is 1. The van der Waals surface area contributed by atoms with Gasteiger partial charge in [0, 0.05) is 11.1 Å². The van der Waals surface area contributed by atoms with E-state index in [-0.39, 0.29) is 22.8 Å². The van der Waals surface area contributed by atoms with Crippen LogP contribution in [0.25, 0.3) is 27.8 Å². The zero-order valence-electron chi connectivity index (χ0n) is 19.8. The van der Waals surface area contributed by atoms with Gasteiger partial charge in [0.1, 0.15) is 11.1 Å². The van der Waals surface area contributed by atoms with Gasteiger partial charge in [0.25, 0.3) is 0 Å². The number of aromatic nitrogens is 2. The number of carbonyl (C=O) groups excluding carboxylic acids is 1. The Balaban J connectivity index is 1.58. The van der Waals surface area contributed by atoms with Gasteiger partial charge >= 0.3 is 5.56 Å². The highest BCUT2D eigenvalue weighted by Gasteiger charge is 2.20. The van der Waals surface area contributed by atoms with Gasteiger partial charge in [-0.05, 0) is 67.3 Å². The van der Waals surface area contributed by atoms with Crippen LogP contribution in [-0.4, -0.2) is 21.2 Å². The molecule has 0 aliphatic heterocycles. The Labute approximate surface area is 207 Å². The molecular weight excluding hydrogens is 458 g/mol. The number of thioether (sulfide) groups is 1. The van der Waals surface area contributed by atoms with Gasteiger partial charge in [-0.15, -0.1) is 0 Å². The molecule has 5 aromatic rings. The Morgan fingerprint density at radius 1 is 1.03 bits per heavy atom. The average Bonchev–Trinajstić information content (AvgIpc) is 3.21. The molecule has 5 rings (SSSR count). The average molecular weight is 484 g/mol. The summed E-state index contributed by atoms with van der Waals surface area (Å²) in [6.45, 7) is 6.02. The van der Waals surface area contributed by atoms with E-state index in [1.165, 1.54) is 11.8 Å². The Bertz CT molecular complexity index is 1610. The number of fused-ring (bicyclic) bond motifs is 3. The minimum absolute atomic E-state index is 0.108. The van der Waals surface area contributed by atoms with Crippen molar-refractivity contribution in [1.29, 1.82) is 0 Å². The number of furan rings is 1. The molecule has 3 aromatic carbocycles. The van der Waals surface area contributed by atoms with E-state index in [1.807, 2.05) is 80.6 Å². The molecule has 0 atom stereocenters. The summed E-state index contributed by atoms with van der Waals surface area (Å²) in [5.41, 5.74) is 5.65. The van der Waals surface area contributed by atoms with Crippen molar-refractivity contribution in [3.63, 3.8) is 0 Å². The first-order valence-electron chi connectivity index (χ1n) is 11.5. The van der Waals surface area contributed by atoms with Gasteiger partial charge in [0.15, 0.2) is 5.16 Å². The van der Waals surface area contributed by atoms with Crippen LogP contribution in [0.15, 0.2) is 81.1 Å². The number of hydrogen-bond donors (Lipinski definition) is 1. The fourth-order valence-corrected chi connectivity index (χ4v) is 5.10. The smallest absolute Gasteiger partial charge is 0.302 e. The van der Waals surface area contributed by atoms with Gasteiger partial charge < -0.3 is 9.73 Å². The molecule has 1 N–H and O–H groups in total. The molecule has 2 heterocycles. The van der Waals surface area contributed by atoms with E-state index < -0.39 is 0 Å². The number of anilines is 1. The standard InChI is InChI=1S/C28H25N3O3S/c1-4-19-9-5-7-11-22(19)29-24(32)16-35-28-30-25-21-10-6-8-12-23(21)34-26(25)27(33)31(28)20-14-17(2)13-18(3)15-20/h5-15H,4,16H2,1-3H3,(H,29,32). The third kappa shape index (κ3) is 4.47. The Morgan fingerprint density at radius 2 is 1.74 bits per heavy atom. The van der Waals surface area contributed by atoms with Crippen molar-refractivity contribution < 1.29 is 9.21 Å². The molecule has 176 valence electrons.